The van der Waals surface area contributed by atoms with Crippen molar-refractivity contribution in [3.8, 4) is 0 Å². The molecule has 0 aliphatic carbocycles. The van der Waals surface area contributed by atoms with Crippen LogP contribution < -0.4 is 10.2 Å². The second-order valence-electron chi connectivity index (χ2n) is 3.63. The summed E-state index contributed by atoms with van der Waals surface area (Å²) >= 11 is 0. The SMILES string of the molecule is C=CN(C(=O)NCC)c1c(C)cccc1C. The number of urea groups is 1. The van der Waals surface area contributed by atoms with E-state index in [0.29, 0.717) is 6.54 Å². The number of rotatable bonds is 3. The van der Waals surface area contributed by atoms with Gasteiger partial charge in [0.05, 0.1) is 5.69 Å². The summed E-state index contributed by atoms with van der Waals surface area (Å²) in [6, 6.07) is 5.80. The van der Waals surface area contributed by atoms with Gasteiger partial charge in [-0.15, -0.1) is 0 Å². The van der Waals surface area contributed by atoms with Crippen molar-refractivity contribution in [1.29, 1.82) is 0 Å². The van der Waals surface area contributed by atoms with E-state index < -0.39 is 0 Å². The van der Waals surface area contributed by atoms with Crippen LogP contribution in [-0.2, 0) is 0 Å². The number of amides is 2. The fourth-order valence-corrected chi connectivity index (χ4v) is 1.70. The Morgan fingerprint density at radius 1 is 1.44 bits per heavy atom. The number of anilines is 1. The first-order valence-corrected chi connectivity index (χ1v) is 5.37. The highest BCUT2D eigenvalue weighted by Crippen LogP contribution is 2.24. The summed E-state index contributed by atoms with van der Waals surface area (Å²) in [6.45, 7) is 10.2. The van der Waals surface area contributed by atoms with Gasteiger partial charge in [0, 0.05) is 12.7 Å². The molecular weight excluding hydrogens is 200 g/mol. The number of hydrogen-bond donors (Lipinski definition) is 1. The van der Waals surface area contributed by atoms with Gasteiger partial charge in [0.15, 0.2) is 0 Å². The zero-order valence-corrected chi connectivity index (χ0v) is 10.1. The van der Waals surface area contributed by atoms with Gasteiger partial charge < -0.3 is 5.32 Å². The number of aryl methyl sites for hydroxylation is 2. The van der Waals surface area contributed by atoms with Crippen molar-refractivity contribution >= 4 is 11.7 Å². The summed E-state index contributed by atoms with van der Waals surface area (Å²) in [4.78, 5) is 13.4. The molecular formula is C13H18N2O. The van der Waals surface area contributed by atoms with Gasteiger partial charge in [0.2, 0.25) is 0 Å². The van der Waals surface area contributed by atoms with Crippen molar-refractivity contribution < 1.29 is 4.79 Å². The Labute approximate surface area is 96.8 Å². The topological polar surface area (TPSA) is 32.3 Å². The average Bonchev–Trinajstić information content (AvgIpc) is 2.24. The lowest BCUT2D eigenvalue weighted by Gasteiger charge is -2.22. The lowest BCUT2D eigenvalue weighted by molar-refractivity contribution is 0.249. The molecule has 0 radical (unpaired) electrons. The molecule has 0 saturated heterocycles. The van der Waals surface area contributed by atoms with Gasteiger partial charge in [0.1, 0.15) is 0 Å². The summed E-state index contributed by atoms with van der Waals surface area (Å²) in [5.74, 6) is 0. The first-order valence-electron chi connectivity index (χ1n) is 5.37. The molecule has 1 rings (SSSR count). The van der Waals surface area contributed by atoms with Crippen molar-refractivity contribution in [3.05, 3.63) is 42.1 Å². The van der Waals surface area contributed by atoms with Crippen LogP contribution in [0.5, 0.6) is 0 Å². The molecule has 0 aromatic heterocycles. The van der Waals surface area contributed by atoms with Gasteiger partial charge in [-0.3, -0.25) is 4.90 Å². The molecule has 1 aromatic carbocycles. The van der Waals surface area contributed by atoms with Crippen LogP contribution in [-0.4, -0.2) is 12.6 Å². The molecule has 3 heteroatoms. The molecule has 1 aromatic rings. The zero-order chi connectivity index (χ0) is 12.1. The zero-order valence-electron chi connectivity index (χ0n) is 10.1. The van der Waals surface area contributed by atoms with Crippen molar-refractivity contribution in [2.45, 2.75) is 20.8 Å². The number of nitrogens with one attached hydrogen (secondary N) is 1. The number of carbonyl (C=O) groups is 1. The molecule has 0 aliphatic heterocycles. The lowest BCUT2D eigenvalue weighted by Crippen LogP contribution is -2.36. The van der Waals surface area contributed by atoms with E-state index in [1.54, 1.807) is 11.1 Å². The van der Waals surface area contributed by atoms with Gasteiger partial charge in [-0.1, -0.05) is 24.8 Å². The van der Waals surface area contributed by atoms with Gasteiger partial charge in [-0.05, 0) is 31.9 Å². The Hall–Kier alpha value is -1.77. The second-order valence-corrected chi connectivity index (χ2v) is 3.63. The van der Waals surface area contributed by atoms with Crippen LogP contribution in [0.3, 0.4) is 0 Å². The summed E-state index contributed by atoms with van der Waals surface area (Å²) in [5, 5.41) is 2.77. The Kier molecular flexibility index (Phi) is 4.11. The van der Waals surface area contributed by atoms with E-state index in [1.165, 1.54) is 0 Å². The number of nitrogens with zero attached hydrogens (tertiary/aromatic N) is 1. The van der Waals surface area contributed by atoms with Crippen LogP contribution >= 0.6 is 0 Å². The van der Waals surface area contributed by atoms with Crippen LogP contribution in [0, 0.1) is 13.8 Å². The third kappa shape index (κ3) is 2.42. The Morgan fingerprint density at radius 2 is 2.00 bits per heavy atom. The van der Waals surface area contributed by atoms with Crippen LogP contribution in [0.4, 0.5) is 10.5 Å². The fourth-order valence-electron chi connectivity index (χ4n) is 1.70. The monoisotopic (exact) mass is 218 g/mol. The largest absolute Gasteiger partial charge is 0.338 e. The van der Waals surface area contributed by atoms with Crippen molar-refractivity contribution in [3.63, 3.8) is 0 Å². The summed E-state index contributed by atoms with van der Waals surface area (Å²) in [5.41, 5.74) is 3.03. The predicted octanol–water partition coefficient (Wildman–Crippen LogP) is 2.98. The van der Waals surface area contributed by atoms with Gasteiger partial charge >= 0.3 is 6.03 Å². The third-order valence-corrected chi connectivity index (χ3v) is 2.41. The predicted molar refractivity (Wildman–Crippen MR) is 67.7 cm³/mol. The molecule has 2 amide bonds. The molecule has 0 spiro atoms. The number of carbonyl (C=O) groups excluding carboxylic acids is 1. The maximum absolute atomic E-state index is 11.8. The molecule has 86 valence electrons. The molecule has 16 heavy (non-hydrogen) atoms. The molecule has 0 heterocycles. The number of benzene rings is 1. The van der Waals surface area contributed by atoms with Crippen LogP contribution in [0.2, 0.25) is 0 Å². The Balaban J connectivity index is 3.13. The van der Waals surface area contributed by atoms with E-state index in [2.05, 4.69) is 11.9 Å². The maximum atomic E-state index is 11.8. The van der Waals surface area contributed by atoms with Crippen molar-refractivity contribution in [2.75, 3.05) is 11.4 Å². The molecule has 0 aliphatic rings. The highest BCUT2D eigenvalue weighted by molar-refractivity contribution is 5.95. The minimum absolute atomic E-state index is 0.144. The second kappa shape index (κ2) is 5.35. The van der Waals surface area contributed by atoms with Crippen LogP contribution in [0.25, 0.3) is 0 Å². The van der Waals surface area contributed by atoms with E-state index in [9.17, 15) is 4.79 Å². The number of para-hydroxylation sites is 1. The maximum Gasteiger partial charge on any atom is 0.325 e. The minimum Gasteiger partial charge on any atom is -0.338 e. The van der Waals surface area contributed by atoms with Gasteiger partial charge in [-0.25, -0.2) is 4.79 Å². The average molecular weight is 218 g/mol. The molecule has 1 N–H and O–H groups in total. The summed E-state index contributed by atoms with van der Waals surface area (Å²) < 4.78 is 0. The standard InChI is InChI=1S/C13H18N2O/c1-5-14-13(16)15(6-2)12-10(3)8-7-9-11(12)4/h6-9H,2,5H2,1,3-4H3,(H,14,16). The molecule has 0 atom stereocenters. The van der Waals surface area contributed by atoms with Gasteiger partial charge in [-0.2, -0.15) is 0 Å². The van der Waals surface area contributed by atoms with E-state index in [1.807, 2.05) is 39.0 Å². The van der Waals surface area contributed by atoms with Crippen LogP contribution in [0.15, 0.2) is 31.0 Å². The third-order valence-electron chi connectivity index (χ3n) is 2.41. The molecule has 0 saturated carbocycles. The normalized spacial score (nSPS) is 9.69. The molecule has 0 fully saturated rings. The lowest BCUT2D eigenvalue weighted by atomic mass is 10.1. The molecule has 0 bridgehead atoms. The molecule has 0 unspecified atom stereocenters. The first kappa shape index (κ1) is 12.3. The van der Waals surface area contributed by atoms with Gasteiger partial charge in [0.25, 0.3) is 0 Å². The summed E-state index contributed by atoms with van der Waals surface area (Å²) in [6.07, 6.45) is 1.54. The Bertz CT molecular complexity index is 379. The Morgan fingerprint density at radius 3 is 2.44 bits per heavy atom. The fraction of sp³-hybridized carbons (Fsp3) is 0.308. The smallest absolute Gasteiger partial charge is 0.325 e. The van der Waals surface area contributed by atoms with E-state index >= 15 is 0 Å². The quantitative estimate of drug-likeness (QED) is 0.831. The molecule has 3 nitrogen and oxygen atoms in total. The minimum atomic E-state index is -0.144. The highest BCUT2D eigenvalue weighted by atomic mass is 16.2. The van der Waals surface area contributed by atoms with E-state index in [4.69, 9.17) is 0 Å². The van der Waals surface area contributed by atoms with Crippen molar-refractivity contribution in [1.82, 2.24) is 5.32 Å². The highest BCUT2D eigenvalue weighted by Gasteiger charge is 2.15. The first-order chi connectivity index (χ1) is 7.61. The number of hydrogen-bond acceptors (Lipinski definition) is 1. The summed E-state index contributed by atoms with van der Waals surface area (Å²) in [7, 11) is 0. The van der Waals surface area contributed by atoms with E-state index in [-0.39, 0.29) is 6.03 Å². The van der Waals surface area contributed by atoms with Crippen molar-refractivity contribution in [2.24, 2.45) is 0 Å². The van der Waals surface area contributed by atoms with E-state index in [0.717, 1.165) is 16.8 Å². The van der Waals surface area contributed by atoms with Crippen LogP contribution in [0.1, 0.15) is 18.1 Å².